The Labute approximate surface area is 191 Å². The van der Waals surface area contributed by atoms with Crippen molar-refractivity contribution in [3.63, 3.8) is 0 Å². The molecule has 1 fully saturated rings. The first-order valence-electron chi connectivity index (χ1n) is 11.3. The molecule has 0 aromatic carbocycles. The zero-order chi connectivity index (χ0) is 23.1. The number of aliphatic hydroxyl groups is 2. The van der Waals surface area contributed by atoms with Crippen molar-refractivity contribution in [2.75, 3.05) is 30.7 Å². The molecule has 2 heterocycles. The number of nitrogens with one attached hydrogen (secondary N) is 2. The van der Waals surface area contributed by atoms with Crippen molar-refractivity contribution in [3.05, 3.63) is 0 Å². The Kier molecular flexibility index (Phi) is 9.02. The summed E-state index contributed by atoms with van der Waals surface area (Å²) in [5.41, 5.74) is 6.47. The highest BCUT2D eigenvalue weighted by Crippen LogP contribution is 2.37. The summed E-state index contributed by atoms with van der Waals surface area (Å²) in [6, 6.07) is -0.623. The van der Waals surface area contributed by atoms with E-state index in [0.717, 1.165) is 31.6 Å². The maximum atomic E-state index is 12.5. The monoisotopic (exact) mass is 466 g/mol. The number of thioether (sulfide) groups is 1. The summed E-state index contributed by atoms with van der Waals surface area (Å²) >= 11 is 1.54. The zero-order valence-corrected chi connectivity index (χ0v) is 19.5. The van der Waals surface area contributed by atoms with E-state index in [1.165, 1.54) is 4.68 Å². The van der Waals surface area contributed by atoms with Crippen molar-refractivity contribution in [1.82, 2.24) is 30.3 Å². The van der Waals surface area contributed by atoms with Crippen LogP contribution in [0.15, 0.2) is 5.16 Å². The van der Waals surface area contributed by atoms with E-state index >= 15 is 0 Å². The van der Waals surface area contributed by atoms with Crippen molar-refractivity contribution >= 4 is 34.7 Å². The average molecular weight is 467 g/mol. The molecule has 4 unspecified atom stereocenters. The summed E-state index contributed by atoms with van der Waals surface area (Å²) in [6.45, 7) is 5.86. The minimum atomic E-state index is -1.20. The van der Waals surface area contributed by atoms with Crippen LogP contribution < -0.4 is 16.4 Å². The van der Waals surface area contributed by atoms with Crippen LogP contribution in [0.25, 0.3) is 11.2 Å². The molecular formula is C20H34N8O3S. The number of aromatic nitrogens is 5. The fraction of sp³-hybridized carbons (Fsp3) is 0.750. The van der Waals surface area contributed by atoms with E-state index in [4.69, 9.17) is 5.73 Å². The van der Waals surface area contributed by atoms with Gasteiger partial charge in [0.05, 0.1) is 18.1 Å². The standard InChI is InChI=1S/C20H34N8O3S/c1-3-5-8-22-17-14-18(25-20(24-17)32-10-4-2)28(27-26-14)13-11-12(15(29)16(13)30)19(31)23-9-6-7-21/h12-13,15-16,29-30H,3-11,21H2,1-2H3,(H,23,31)(H,22,24,25). The van der Waals surface area contributed by atoms with E-state index < -0.39 is 24.2 Å². The molecule has 0 radical (unpaired) electrons. The number of rotatable bonds is 12. The van der Waals surface area contributed by atoms with Gasteiger partial charge in [-0.05, 0) is 32.2 Å². The molecule has 6 N–H and O–H groups in total. The third-order valence-electron chi connectivity index (χ3n) is 5.54. The first-order chi connectivity index (χ1) is 15.5. The third-order valence-corrected chi connectivity index (χ3v) is 6.60. The number of anilines is 1. The van der Waals surface area contributed by atoms with Gasteiger partial charge >= 0.3 is 0 Å². The molecule has 12 heteroatoms. The first kappa shape index (κ1) is 24.6. The lowest BCUT2D eigenvalue weighted by molar-refractivity contribution is -0.128. The van der Waals surface area contributed by atoms with E-state index in [2.05, 4.69) is 44.8 Å². The molecule has 178 valence electrons. The second-order valence-electron chi connectivity index (χ2n) is 8.01. The molecule has 32 heavy (non-hydrogen) atoms. The quantitative estimate of drug-likeness (QED) is 0.171. The van der Waals surface area contributed by atoms with Crippen LogP contribution in [0.4, 0.5) is 5.82 Å². The van der Waals surface area contributed by atoms with Crippen LogP contribution >= 0.6 is 11.8 Å². The Hall–Kier alpha value is -2.02. The summed E-state index contributed by atoms with van der Waals surface area (Å²) in [7, 11) is 0. The van der Waals surface area contributed by atoms with Gasteiger partial charge in [0, 0.05) is 18.8 Å². The number of amides is 1. The first-order valence-corrected chi connectivity index (χ1v) is 12.3. The van der Waals surface area contributed by atoms with Crippen LogP contribution in [0.3, 0.4) is 0 Å². The fourth-order valence-corrected chi connectivity index (χ4v) is 4.45. The number of carbonyl (C=O) groups is 1. The number of nitrogens with zero attached hydrogens (tertiary/aromatic N) is 5. The van der Waals surface area contributed by atoms with Gasteiger partial charge < -0.3 is 26.6 Å². The van der Waals surface area contributed by atoms with Gasteiger partial charge in [0.1, 0.15) is 6.10 Å². The second-order valence-corrected chi connectivity index (χ2v) is 9.08. The molecule has 0 aliphatic heterocycles. The molecule has 2 aromatic heterocycles. The van der Waals surface area contributed by atoms with E-state index in [1.54, 1.807) is 11.8 Å². The van der Waals surface area contributed by atoms with Crippen molar-refractivity contribution in [3.8, 4) is 0 Å². The van der Waals surface area contributed by atoms with Gasteiger partial charge in [0.2, 0.25) is 5.91 Å². The molecule has 1 aliphatic rings. The Morgan fingerprint density at radius 3 is 2.72 bits per heavy atom. The van der Waals surface area contributed by atoms with Crippen molar-refractivity contribution in [2.45, 2.75) is 69.4 Å². The Bertz CT molecular complexity index is 895. The lowest BCUT2D eigenvalue weighted by atomic mass is 10.0. The third kappa shape index (κ3) is 5.48. The van der Waals surface area contributed by atoms with Crippen molar-refractivity contribution in [2.24, 2.45) is 11.7 Å². The number of carbonyl (C=O) groups excluding carboxylic acids is 1. The molecule has 0 bridgehead atoms. The summed E-state index contributed by atoms with van der Waals surface area (Å²) in [6.07, 6.45) is 1.54. The fourth-order valence-electron chi connectivity index (χ4n) is 3.75. The molecule has 11 nitrogen and oxygen atoms in total. The van der Waals surface area contributed by atoms with Gasteiger partial charge in [-0.25, -0.2) is 14.6 Å². The van der Waals surface area contributed by atoms with Gasteiger partial charge in [0.25, 0.3) is 0 Å². The molecule has 1 amide bonds. The molecule has 2 aromatic rings. The van der Waals surface area contributed by atoms with Crippen LogP contribution in [0.1, 0.15) is 52.0 Å². The lowest BCUT2D eigenvalue weighted by Gasteiger charge is -2.17. The van der Waals surface area contributed by atoms with E-state index in [9.17, 15) is 15.0 Å². The predicted molar refractivity (Wildman–Crippen MR) is 123 cm³/mol. The SMILES string of the molecule is CCCCNc1nc(SCCC)nc2c1nnn2C1CC(C(=O)NCCCN)C(O)C1O. The molecule has 0 saturated heterocycles. The number of hydrogen-bond donors (Lipinski definition) is 5. The van der Waals surface area contributed by atoms with E-state index in [0.29, 0.717) is 41.6 Å². The summed E-state index contributed by atoms with van der Waals surface area (Å²) in [5, 5.41) is 36.5. The number of hydrogen-bond acceptors (Lipinski definition) is 10. The number of unbranched alkanes of at least 4 members (excludes halogenated alkanes) is 1. The summed E-state index contributed by atoms with van der Waals surface area (Å²) < 4.78 is 1.53. The zero-order valence-electron chi connectivity index (χ0n) is 18.7. The molecule has 3 rings (SSSR count). The van der Waals surface area contributed by atoms with E-state index in [1.807, 2.05) is 0 Å². The molecule has 1 saturated carbocycles. The van der Waals surface area contributed by atoms with Crippen LogP contribution in [0.2, 0.25) is 0 Å². The Morgan fingerprint density at radius 1 is 1.19 bits per heavy atom. The topological polar surface area (TPSA) is 164 Å². The minimum Gasteiger partial charge on any atom is -0.390 e. The molecule has 1 aliphatic carbocycles. The Morgan fingerprint density at radius 2 is 2.00 bits per heavy atom. The maximum absolute atomic E-state index is 12.5. The minimum absolute atomic E-state index is 0.231. The highest BCUT2D eigenvalue weighted by molar-refractivity contribution is 7.99. The predicted octanol–water partition coefficient (Wildman–Crippen LogP) is 0.683. The van der Waals surface area contributed by atoms with Crippen LogP contribution in [-0.4, -0.2) is 78.7 Å². The molecular weight excluding hydrogens is 432 g/mol. The Balaban J connectivity index is 1.88. The van der Waals surface area contributed by atoms with Gasteiger partial charge in [0.15, 0.2) is 22.1 Å². The number of nitrogens with two attached hydrogens (primary N) is 1. The van der Waals surface area contributed by atoms with Crippen LogP contribution in [0.5, 0.6) is 0 Å². The number of aliphatic hydroxyl groups excluding tert-OH is 2. The summed E-state index contributed by atoms with van der Waals surface area (Å²) in [5.74, 6) is 0.437. The lowest BCUT2D eigenvalue weighted by Crippen LogP contribution is -2.38. The average Bonchev–Trinajstić information content (AvgIpc) is 3.33. The van der Waals surface area contributed by atoms with Crippen LogP contribution in [-0.2, 0) is 4.79 Å². The van der Waals surface area contributed by atoms with E-state index in [-0.39, 0.29) is 12.3 Å². The molecule has 4 atom stereocenters. The van der Waals surface area contributed by atoms with Crippen LogP contribution in [0, 0.1) is 5.92 Å². The van der Waals surface area contributed by atoms with Crippen molar-refractivity contribution in [1.29, 1.82) is 0 Å². The van der Waals surface area contributed by atoms with Crippen molar-refractivity contribution < 1.29 is 15.0 Å². The largest absolute Gasteiger partial charge is 0.390 e. The summed E-state index contributed by atoms with van der Waals surface area (Å²) in [4.78, 5) is 21.8. The second kappa shape index (κ2) is 11.7. The highest BCUT2D eigenvalue weighted by atomic mass is 32.2. The highest BCUT2D eigenvalue weighted by Gasteiger charge is 2.47. The van der Waals surface area contributed by atoms with Gasteiger partial charge in [-0.1, -0.05) is 37.2 Å². The van der Waals surface area contributed by atoms with Gasteiger partial charge in [-0.15, -0.1) is 5.10 Å². The number of fused-ring (bicyclic) bond motifs is 1. The smallest absolute Gasteiger partial charge is 0.225 e. The van der Waals surface area contributed by atoms with Gasteiger partial charge in [-0.2, -0.15) is 0 Å². The normalized spacial score (nSPS) is 23.0. The molecule has 0 spiro atoms. The maximum Gasteiger partial charge on any atom is 0.225 e. The van der Waals surface area contributed by atoms with Gasteiger partial charge in [-0.3, -0.25) is 4.79 Å².